The first-order valence-corrected chi connectivity index (χ1v) is 7.22. The van der Waals surface area contributed by atoms with Gasteiger partial charge in [-0.25, -0.2) is 0 Å². The van der Waals surface area contributed by atoms with Crippen molar-refractivity contribution in [1.29, 1.82) is 0 Å². The van der Waals surface area contributed by atoms with Crippen LogP contribution in [0.15, 0.2) is 18.2 Å². The molecule has 1 heterocycles. The smallest absolute Gasteiger partial charge is 0.123 e. The zero-order chi connectivity index (χ0) is 13.8. The average Bonchev–Trinajstić information content (AvgIpc) is 2.62. The minimum atomic E-state index is 0.399. The summed E-state index contributed by atoms with van der Waals surface area (Å²) in [7, 11) is 3.97. The highest BCUT2D eigenvalue weighted by Crippen LogP contribution is 2.32. The van der Waals surface area contributed by atoms with Crippen molar-refractivity contribution in [3.8, 4) is 5.75 Å². The van der Waals surface area contributed by atoms with Crippen LogP contribution in [0.4, 0.5) is 0 Å². The third kappa shape index (κ3) is 3.28. The lowest BCUT2D eigenvalue weighted by atomic mass is 9.96. The summed E-state index contributed by atoms with van der Waals surface area (Å²) in [6.07, 6.45) is 1.21. The number of nitrogens with one attached hydrogen (secondary N) is 1. The van der Waals surface area contributed by atoms with Gasteiger partial charge in [-0.3, -0.25) is 4.90 Å². The molecule has 2 rings (SSSR count). The maximum Gasteiger partial charge on any atom is 0.123 e. The minimum Gasteiger partial charge on any atom is -0.496 e. The van der Waals surface area contributed by atoms with Gasteiger partial charge < -0.3 is 10.1 Å². The summed E-state index contributed by atoms with van der Waals surface area (Å²) in [5.41, 5.74) is 2.69. The number of ether oxygens (including phenoxy) is 1. The lowest BCUT2D eigenvalue weighted by Crippen LogP contribution is -2.29. The van der Waals surface area contributed by atoms with E-state index in [1.807, 2.05) is 0 Å². The maximum atomic E-state index is 5.57. The first kappa shape index (κ1) is 14.4. The van der Waals surface area contributed by atoms with E-state index >= 15 is 0 Å². The van der Waals surface area contributed by atoms with E-state index in [2.05, 4.69) is 49.3 Å². The fourth-order valence-corrected chi connectivity index (χ4v) is 2.72. The van der Waals surface area contributed by atoms with Gasteiger partial charge in [0.25, 0.3) is 0 Å². The van der Waals surface area contributed by atoms with E-state index < -0.39 is 0 Å². The molecule has 0 bridgehead atoms. The molecule has 1 fully saturated rings. The van der Waals surface area contributed by atoms with Gasteiger partial charge in [0.2, 0.25) is 0 Å². The standard InChI is InChI=1S/C16H26N2O/c1-12(2)13-6-7-16(19-4)14(10-13)15-11-17-8-5-9-18(15)3/h6-7,10,12,15,17H,5,8-9,11H2,1-4H3. The molecule has 1 atom stereocenters. The van der Waals surface area contributed by atoms with Crippen molar-refractivity contribution in [1.82, 2.24) is 10.2 Å². The van der Waals surface area contributed by atoms with Gasteiger partial charge in [-0.2, -0.15) is 0 Å². The van der Waals surface area contributed by atoms with Crippen LogP contribution in [0.2, 0.25) is 0 Å². The Labute approximate surface area is 116 Å². The number of rotatable bonds is 3. The van der Waals surface area contributed by atoms with Crippen LogP contribution in [-0.2, 0) is 0 Å². The van der Waals surface area contributed by atoms with Gasteiger partial charge in [-0.1, -0.05) is 26.0 Å². The molecular formula is C16H26N2O. The van der Waals surface area contributed by atoms with E-state index in [1.165, 1.54) is 17.5 Å². The predicted molar refractivity (Wildman–Crippen MR) is 79.9 cm³/mol. The van der Waals surface area contributed by atoms with E-state index in [4.69, 9.17) is 4.74 Å². The molecule has 19 heavy (non-hydrogen) atoms. The summed E-state index contributed by atoms with van der Waals surface area (Å²) < 4.78 is 5.57. The average molecular weight is 262 g/mol. The van der Waals surface area contributed by atoms with E-state index in [0.29, 0.717) is 12.0 Å². The summed E-state index contributed by atoms with van der Waals surface area (Å²) >= 11 is 0. The van der Waals surface area contributed by atoms with E-state index in [1.54, 1.807) is 7.11 Å². The number of hydrogen-bond donors (Lipinski definition) is 1. The fourth-order valence-electron chi connectivity index (χ4n) is 2.72. The van der Waals surface area contributed by atoms with Gasteiger partial charge in [0.15, 0.2) is 0 Å². The van der Waals surface area contributed by atoms with Crippen molar-refractivity contribution in [2.75, 3.05) is 33.8 Å². The number of nitrogens with zero attached hydrogens (tertiary/aromatic N) is 1. The van der Waals surface area contributed by atoms with Crippen molar-refractivity contribution < 1.29 is 4.74 Å². The van der Waals surface area contributed by atoms with Crippen LogP contribution in [0, 0.1) is 0 Å². The van der Waals surface area contributed by atoms with E-state index in [9.17, 15) is 0 Å². The highest BCUT2D eigenvalue weighted by Gasteiger charge is 2.22. The highest BCUT2D eigenvalue weighted by molar-refractivity contribution is 5.40. The van der Waals surface area contributed by atoms with Gasteiger partial charge in [-0.05, 0) is 44.1 Å². The summed E-state index contributed by atoms with van der Waals surface area (Å²) in [6, 6.07) is 7.01. The Morgan fingerprint density at radius 3 is 2.84 bits per heavy atom. The van der Waals surface area contributed by atoms with Gasteiger partial charge >= 0.3 is 0 Å². The first-order valence-electron chi connectivity index (χ1n) is 7.22. The molecule has 0 aromatic heterocycles. The van der Waals surface area contributed by atoms with Gasteiger partial charge in [0, 0.05) is 12.1 Å². The zero-order valence-electron chi connectivity index (χ0n) is 12.6. The third-order valence-electron chi connectivity index (χ3n) is 4.01. The molecule has 1 aromatic rings. The van der Waals surface area contributed by atoms with Gasteiger partial charge in [-0.15, -0.1) is 0 Å². The first-order chi connectivity index (χ1) is 9.13. The molecule has 1 aliphatic heterocycles. The molecule has 106 valence electrons. The molecule has 1 N–H and O–H groups in total. The van der Waals surface area contributed by atoms with Crippen LogP contribution in [0.3, 0.4) is 0 Å². The maximum absolute atomic E-state index is 5.57. The lowest BCUT2D eigenvalue weighted by Gasteiger charge is -2.28. The molecule has 1 saturated heterocycles. The second-order valence-corrected chi connectivity index (χ2v) is 5.71. The number of benzene rings is 1. The van der Waals surface area contributed by atoms with Crippen LogP contribution < -0.4 is 10.1 Å². The lowest BCUT2D eigenvalue weighted by molar-refractivity contribution is 0.254. The Hall–Kier alpha value is -1.06. The van der Waals surface area contributed by atoms with E-state index in [-0.39, 0.29) is 0 Å². The van der Waals surface area contributed by atoms with Crippen molar-refractivity contribution in [2.45, 2.75) is 32.2 Å². The Kier molecular flexibility index (Phi) is 4.83. The Morgan fingerprint density at radius 1 is 1.37 bits per heavy atom. The molecule has 0 aliphatic carbocycles. The molecule has 0 radical (unpaired) electrons. The highest BCUT2D eigenvalue weighted by atomic mass is 16.5. The van der Waals surface area contributed by atoms with Crippen molar-refractivity contribution in [2.24, 2.45) is 0 Å². The Morgan fingerprint density at radius 2 is 2.16 bits per heavy atom. The summed E-state index contributed by atoms with van der Waals surface area (Å²) in [5, 5.41) is 3.53. The fraction of sp³-hybridized carbons (Fsp3) is 0.625. The molecule has 1 aromatic carbocycles. The van der Waals surface area contributed by atoms with Crippen molar-refractivity contribution >= 4 is 0 Å². The number of likely N-dealkylation sites (N-methyl/N-ethyl adjacent to an activating group) is 1. The van der Waals surface area contributed by atoms with Crippen LogP contribution in [0.25, 0.3) is 0 Å². The summed E-state index contributed by atoms with van der Waals surface area (Å²) in [4.78, 5) is 2.43. The number of hydrogen-bond acceptors (Lipinski definition) is 3. The Balaban J connectivity index is 2.36. The predicted octanol–water partition coefficient (Wildman–Crippen LogP) is 2.78. The quantitative estimate of drug-likeness (QED) is 0.906. The van der Waals surface area contributed by atoms with Crippen LogP contribution in [0.1, 0.15) is 43.4 Å². The zero-order valence-corrected chi connectivity index (χ0v) is 12.6. The SMILES string of the molecule is COc1ccc(C(C)C)cc1C1CNCCCN1C. The minimum absolute atomic E-state index is 0.399. The largest absolute Gasteiger partial charge is 0.496 e. The van der Waals surface area contributed by atoms with Crippen LogP contribution in [-0.4, -0.2) is 38.7 Å². The molecular weight excluding hydrogens is 236 g/mol. The second kappa shape index (κ2) is 6.40. The molecule has 3 nitrogen and oxygen atoms in total. The summed E-state index contributed by atoms with van der Waals surface area (Å²) in [5.74, 6) is 1.55. The van der Waals surface area contributed by atoms with Crippen LogP contribution >= 0.6 is 0 Å². The topological polar surface area (TPSA) is 24.5 Å². The van der Waals surface area contributed by atoms with Crippen molar-refractivity contribution in [3.05, 3.63) is 29.3 Å². The molecule has 0 saturated carbocycles. The number of methoxy groups -OCH3 is 1. The van der Waals surface area contributed by atoms with Gasteiger partial charge in [0.05, 0.1) is 13.2 Å². The molecule has 0 amide bonds. The van der Waals surface area contributed by atoms with Gasteiger partial charge in [0.1, 0.15) is 5.75 Å². The summed E-state index contributed by atoms with van der Waals surface area (Å²) in [6.45, 7) is 7.70. The van der Waals surface area contributed by atoms with E-state index in [0.717, 1.165) is 25.4 Å². The Bertz CT molecular complexity index is 417. The van der Waals surface area contributed by atoms with Crippen molar-refractivity contribution in [3.63, 3.8) is 0 Å². The molecule has 1 unspecified atom stereocenters. The second-order valence-electron chi connectivity index (χ2n) is 5.71. The molecule has 3 heteroatoms. The molecule has 1 aliphatic rings. The molecule has 0 spiro atoms. The van der Waals surface area contributed by atoms with Crippen LogP contribution in [0.5, 0.6) is 5.75 Å². The third-order valence-corrected chi connectivity index (χ3v) is 4.01. The monoisotopic (exact) mass is 262 g/mol. The normalized spacial score (nSPS) is 21.4.